The minimum Gasteiger partial charge on any atom is -0.465 e. The second kappa shape index (κ2) is 6.59. The standard InChI is InChI=1S/C21H20F3N3O6/c1-19-12-13-17(32-6-5-20(13,33-19)15(28)14(19)26(2)18(30)31)27(16(12)29)10-4-3-9(8-25)11(7-10)21(22,23)24/h3-4,7,12-15,17,28H,5-6H2,1-2H3,(H,30,31)/t12-,13+,14+,15+,17+,19+,20-/m0/s1. The summed E-state index contributed by atoms with van der Waals surface area (Å²) in [6.45, 7) is 1.60. The summed E-state index contributed by atoms with van der Waals surface area (Å²) in [5, 5.41) is 29.8. The van der Waals surface area contributed by atoms with Gasteiger partial charge >= 0.3 is 12.3 Å². The lowest BCUT2D eigenvalue weighted by Gasteiger charge is -2.47. The second-order valence-electron chi connectivity index (χ2n) is 9.09. The number of nitrogens with zero attached hydrogens (tertiary/aromatic N) is 3. The molecule has 0 aliphatic carbocycles. The third kappa shape index (κ3) is 2.58. The summed E-state index contributed by atoms with van der Waals surface area (Å²) in [6, 6.07) is 3.45. The molecule has 2 bridgehead atoms. The van der Waals surface area contributed by atoms with Gasteiger partial charge in [0, 0.05) is 19.2 Å². The Morgan fingerprint density at radius 2 is 2.09 bits per heavy atom. The molecule has 176 valence electrons. The highest BCUT2D eigenvalue weighted by molar-refractivity contribution is 6.00. The van der Waals surface area contributed by atoms with Crippen LogP contribution in [-0.4, -0.2) is 70.3 Å². The Kier molecular flexibility index (Phi) is 4.38. The van der Waals surface area contributed by atoms with Crippen LogP contribution < -0.4 is 4.90 Å². The molecule has 0 radical (unpaired) electrons. The molecule has 33 heavy (non-hydrogen) atoms. The van der Waals surface area contributed by atoms with Gasteiger partial charge in [0.1, 0.15) is 23.5 Å². The van der Waals surface area contributed by atoms with E-state index in [9.17, 15) is 33.0 Å². The maximum Gasteiger partial charge on any atom is 0.417 e. The van der Waals surface area contributed by atoms with E-state index in [4.69, 9.17) is 14.7 Å². The maximum absolute atomic E-state index is 13.7. The fourth-order valence-corrected chi connectivity index (χ4v) is 6.39. The number of benzene rings is 1. The number of aliphatic hydroxyl groups excluding tert-OH is 1. The van der Waals surface area contributed by atoms with E-state index in [0.717, 1.165) is 21.9 Å². The first-order valence-corrected chi connectivity index (χ1v) is 10.3. The molecule has 12 heteroatoms. The number of fused-ring (bicyclic) bond motifs is 2. The fourth-order valence-electron chi connectivity index (χ4n) is 6.39. The van der Waals surface area contributed by atoms with Crippen molar-refractivity contribution in [2.24, 2.45) is 11.8 Å². The molecular formula is C21H20F3N3O6. The van der Waals surface area contributed by atoms with Crippen LogP contribution in [0.4, 0.5) is 23.7 Å². The Bertz CT molecular complexity index is 1110. The summed E-state index contributed by atoms with van der Waals surface area (Å²) < 4.78 is 52.7. The summed E-state index contributed by atoms with van der Waals surface area (Å²) >= 11 is 0. The van der Waals surface area contributed by atoms with E-state index < -0.39 is 70.7 Å². The molecule has 4 heterocycles. The first-order valence-electron chi connectivity index (χ1n) is 10.3. The van der Waals surface area contributed by atoms with Crippen molar-refractivity contribution in [3.05, 3.63) is 29.3 Å². The molecule has 7 atom stereocenters. The number of carbonyl (C=O) groups excluding carboxylic acids is 1. The molecule has 1 aromatic carbocycles. The molecular weight excluding hydrogens is 447 g/mol. The highest BCUT2D eigenvalue weighted by atomic mass is 19.4. The monoisotopic (exact) mass is 467 g/mol. The average molecular weight is 467 g/mol. The Hall–Kier alpha value is -2.88. The fraction of sp³-hybridized carbons (Fsp3) is 0.571. The normalized spacial score (nSPS) is 38.9. The minimum absolute atomic E-state index is 0.0523. The number of anilines is 1. The van der Waals surface area contributed by atoms with Crippen LogP contribution in [0.15, 0.2) is 18.2 Å². The summed E-state index contributed by atoms with van der Waals surface area (Å²) in [6.07, 6.45) is -8.17. The first kappa shape index (κ1) is 21.9. The number of nitriles is 1. The number of hydrogen-bond donors (Lipinski definition) is 2. The van der Waals surface area contributed by atoms with Crippen LogP contribution >= 0.6 is 0 Å². The van der Waals surface area contributed by atoms with Gasteiger partial charge in [0.05, 0.1) is 41.7 Å². The number of aliphatic hydroxyl groups is 1. The minimum atomic E-state index is -4.81. The summed E-state index contributed by atoms with van der Waals surface area (Å²) in [4.78, 5) is 27.4. The Morgan fingerprint density at radius 1 is 1.39 bits per heavy atom. The van der Waals surface area contributed by atoms with Crippen LogP contribution in [0.25, 0.3) is 0 Å². The summed E-state index contributed by atoms with van der Waals surface area (Å²) in [7, 11) is 1.28. The Labute approximate surface area is 185 Å². The van der Waals surface area contributed by atoms with Crippen LogP contribution in [0.1, 0.15) is 24.5 Å². The molecule has 9 nitrogen and oxygen atoms in total. The van der Waals surface area contributed by atoms with Crippen molar-refractivity contribution in [3.8, 4) is 6.07 Å². The van der Waals surface area contributed by atoms with E-state index in [2.05, 4.69) is 0 Å². The number of ether oxygens (including phenoxy) is 2. The largest absolute Gasteiger partial charge is 0.465 e. The lowest BCUT2D eigenvalue weighted by molar-refractivity contribution is -0.164. The molecule has 4 aliphatic heterocycles. The van der Waals surface area contributed by atoms with Gasteiger partial charge in [-0.15, -0.1) is 0 Å². The number of rotatable bonds is 2. The number of carbonyl (C=O) groups is 2. The number of halogens is 3. The number of carboxylic acid groups (broad SMARTS) is 1. The summed E-state index contributed by atoms with van der Waals surface area (Å²) in [5.41, 5.74) is -4.53. The number of likely N-dealkylation sites (N-methyl/N-ethyl adjacent to an activating group) is 1. The molecule has 0 aromatic heterocycles. The van der Waals surface area contributed by atoms with Crippen molar-refractivity contribution >= 4 is 17.7 Å². The quantitative estimate of drug-likeness (QED) is 0.680. The van der Waals surface area contributed by atoms with Crippen LogP contribution in [-0.2, 0) is 20.4 Å². The molecule has 1 spiro atoms. The summed E-state index contributed by atoms with van der Waals surface area (Å²) in [5.74, 6) is -2.23. The van der Waals surface area contributed by atoms with E-state index >= 15 is 0 Å². The van der Waals surface area contributed by atoms with Crippen molar-refractivity contribution in [1.29, 1.82) is 5.26 Å². The predicted octanol–water partition coefficient (Wildman–Crippen LogP) is 1.78. The zero-order chi connectivity index (χ0) is 24.1. The van der Waals surface area contributed by atoms with Crippen LogP contribution in [0, 0.1) is 23.2 Å². The second-order valence-corrected chi connectivity index (χ2v) is 9.09. The van der Waals surface area contributed by atoms with E-state index in [1.807, 2.05) is 0 Å². The molecule has 1 aromatic rings. The van der Waals surface area contributed by atoms with Crippen molar-refractivity contribution < 1.29 is 42.4 Å². The lowest BCUT2D eigenvalue weighted by Crippen LogP contribution is -2.65. The number of alkyl halides is 3. The molecule has 2 N–H and O–H groups in total. The van der Waals surface area contributed by atoms with Gasteiger partial charge < -0.3 is 24.6 Å². The van der Waals surface area contributed by atoms with E-state index in [-0.39, 0.29) is 18.7 Å². The van der Waals surface area contributed by atoms with Crippen molar-refractivity contribution in [3.63, 3.8) is 0 Å². The molecule has 0 saturated carbocycles. The molecule has 0 unspecified atom stereocenters. The molecule has 4 aliphatic rings. The Balaban J connectivity index is 1.63. The highest BCUT2D eigenvalue weighted by Crippen LogP contribution is 2.66. The van der Waals surface area contributed by atoms with Gasteiger partial charge in [0.2, 0.25) is 5.91 Å². The zero-order valence-electron chi connectivity index (χ0n) is 17.5. The van der Waals surface area contributed by atoms with Crippen molar-refractivity contribution in [1.82, 2.24) is 4.90 Å². The van der Waals surface area contributed by atoms with Gasteiger partial charge in [-0.05, 0) is 25.1 Å². The smallest absolute Gasteiger partial charge is 0.417 e. The predicted molar refractivity (Wildman–Crippen MR) is 103 cm³/mol. The van der Waals surface area contributed by atoms with Gasteiger partial charge in [0.25, 0.3) is 0 Å². The maximum atomic E-state index is 13.7. The van der Waals surface area contributed by atoms with Gasteiger partial charge in [-0.25, -0.2) is 4.79 Å². The van der Waals surface area contributed by atoms with Crippen LogP contribution in [0.5, 0.6) is 0 Å². The Morgan fingerprint density at radius 3 is 2.70 bits per heavy atom. The zero-order valence-corrected chi connectivity index (χ0v) is 17.5. The van der Waals surface area contributed by atoms with Gasteiger partial charge in [-0.1, -0.05) is 0 Å². The van der Waals surface area contributed by atoms with Crippen molar-refractivity contribution in [2.75, 3.05) is 18.6 Å². The SMILES string of the molecule is CN(C(=O)O)[C@@H]1[C@@H](O)[C@]23CCO[C@@H]4[C@H]2[C@@H](C(=O)N4c2ccc(C#N)c(C(F)(F)F)c2)[C@@]1(C)O3. The van der Waals surface area contributed by atoms with Gasteiger partial charge in [-0.2, -0.15) is 18.4 Å². The topological polar surface area (TPSA) is 123 Å². The molecule has 2 amide bonds. The van der Waals surface area contributed by atoms with Crippen LogP contribution in [0.3, 0.4) is 0 Å². The lowest BCUT2D eigenvalue weighted by atomic mass is 9.62. The van der Waals surface area contributed by atoms with E-state index in [1.54, 1.807) is 6.92 Å². The van der Waals surface area contributed by atoms with E-state index in [0.29, 0.717) is 0 Å². The third-order valence-corrected chi connectivity index (χ3v) is 7.61. The third-order valence-electron chi connectivity index (χ3n) is 7.61. The molecule has 5 rings (SSSR count). The first-order chi connectivity index (χ1) is 15.4. The van der Waals surface area contributed by atoms with Crippen molar-refractivity contribution in [2.45, 2.75) is 49.1 Å². The highest BCUT2D eigenvalue weighted by Gasteiger charge is 2.82. The molecule has 4 fully saturated rings. The van der Waals surface area contributed by atoms with Gasteiger partial charge in [-0.3, -0.25) is 9.69 Å². The van der Waals surface area contributed by atoms with Crippen LogP contribution in [0.2, 0.25) is 0 Å². The number of amides is 2. The van der Waals surface area contributed by atoms with E-state index in [1.165, 1.54) is 19.2 Å². The molecule has 4 saturated heterocycles. The average Bonchev–Trinajstić information content (AvgIpc) is 3.28. The number of hydrogen-bond acceptors (Lipinski definition) is 6. The van der Waals surface area contributed by atoms with Gasteiger partial charge in [0.15, 0.2) is 0 Å².